The number of anilines is 2. The van der Waals surface area contributed by atoms with Crippen molar-refractivity contribution in [3.05, 3.63) is 54.1 Å². The van der Waals surface area contributed by atoms with Gasteiger partial charge in [0, 0.05) is 24.3 Å². The number of amides is 1. The first kappa shape index (κ1) is 14.9. The Labute approximate surface area is 124 Å². The number of hydrogen-bond donors (Lipinski definition) is 3. The maximum Gasteiger partial charge on any atom is 0.221 e. The van der Waals surface area contributed by atoms with Crippen molar-refractivity contribution in [3.63, 3.8) is 0 Å². The molecule has 0 aliphatic rings. The van der Waals surface area contributed by atoms with E-state index in [1.165, 1.54) is 12.5 Å². The van der Waals surface area contributed by atoms with E-state index in [4.69, 9.17) is 0 Å². The van der Waals surface area contributed by atoms with Gasteiger partial charge in [0.25, 0.3) is 0 Å². The molecule has 2 aromatic carbocycles. The van der Waals surface area contributed by atoms with Gasteiger partial charge in [0.05, 0.1) is 0 Å². The van der Waals surface area contributed by atoms with Crippen LogP contribution in [0.25, 0.3) is 0 Å². The van der Waals surface area contributed by atoms with Crippen LogP contribution >= 0.6 is 0 Å². The molecule has 21 heavy (non-hydrogen) atoms. The Kier molecular flexibility index (Phi) is 4.82. The Morgan fingerprint density at radius 1 is 1.05 bits per heavy atom. The SMILES string of the molecule is CC(=O)Nc1ccc(NC(C)Cc2ccc(O)cc2)cc1. The van der Waals surface area contributed by atoms with E-state index in [9.17, 15) is 9.90 Å². The molecule has 0 saturated carbocycles. The molecule has 4 nitrogen and oxygen atoms in total. The molecule has 1 atom stereocenters. The molecule has 0 bridgehead atoms. The standard InChI is InChI=1S/C17H20N2O2/c1-12(11-14-3-9-17(21)10-4-14)18-15-5-7-16(8-6-15)19-13(2)20/h3-10,12,18,21H,11H2,1-2H3,(H,19,20). The Morgan fingerprint density at radius 2 is 1.62 bits per heavy atom. The highest BCUT2D eigenvalue weighted by molar-refractivity contribution is 5.88. The lowest BCUT2D eigenvalue weighted by molar-refractivity contribution is -0.114. The van der Waals surface area contributed by atoms with Crippen LogP contribution in [0.4, 0.5) is 11.4 Å². The van der Waals surface area contributed by atoms with Gasteiger partial charge in [0.1, 0.15) is 5.75 Å². The van der Waals surface area contributed by atoms with Crippen molar-refractivity contribution >= 4 is 17.3 Å². The number of hydrogen-bond acceptors (Lipinski definition) is 3. The molecule has 0 saturated heterocycles. The summed E-state index contributed by atoms with van der Waals surface area (Å²) in [7, 11) is 0. The summed E-state index contributed by atoms with van der Waals surface area (Å²) in [5.74, 6) is 0.212. The third kappa shape index (κ3) is 4.84. The van der Waals surface area contributed by atoms with Crippen LogP contribution in [-0.2, 0) is 11.2 Å². The molecule has 4 heteroatoms. The van der Waals surface area contributed by atoms with E-state index < -0.39 is 0 Å². The van der Waals surface area contributed by atoms with Crippen molar-refractivity contribution in [1.29, 1.82) is 0 Å². The fourth-order valence-corrected chi connectivity index (χ4v) is 2.17. The number of nitrogens with one attached hydrogen (secondary N) is 2. The molecule has 3 N–H and O–H groups in total. The first-order chi connectivity index (χ1) is 10.0. The quantitative estimate of drug-likeness (QED) is 0.788. The normalized spacial score (nSPS) is 11.7. The van der Waals surface area contributed by atoms with Crippen LogP contribution in [-0.4, -0.2) is 17.1 Å². The summed E-state index contributed by atoms with van der Waals surface area (Å²) in [6.07, 6.45) is 0.869. The summed E-state index contributed by atoms with van der Waals surface area (Å²) in [5, 5.41) is 15.4. The number of phenolic OH excluding ortho intramolecular Hbond substituents is 1. The number of carbonyl (C=O) groups excluding carboxylic acids is 1. The Hall–Kier alpha value is -2.49. The summed E-state index contributed by atoms with van der Waals surface area (Å²) < 4.78 is 0. The minimum absolute atomic E-state index is 0.0728. The maximum absolute atomic E-state index is 11.0. The number of rotatable bonds is 5. The highest BCUT2D eigenvalue weighted by atomic mass is 16.3. The van der Waals surface area contributed by atoms with Crippen molar-refractivity contribution < 1.29 is 9.90 Å². The second-order valence-electron chi connectivity index (χ2n) is 5.17. The van der Waals surface area contributed by atoms with Gasteiger partial charge in [0.15, 0.2) is 0 Å². The molecule has 0 aliphatic carbocycles. The lowest BCUT2D eigenvalue weighted by Crippen LogP contribution is -2.18. The van der Waals surface area contributed by atoms with Gasteiger partial charge in [-0.15, -0.1) is 0 Å². The summed E-state index contributed by atoms with van der Waals surface area (Å²) in [5.41, 5.74) is 2.97. The van der Waals surface area contributed by atoms with E-state index in [0.717, 1.165) is 17.8 Å². The first-order valence-electron chi connectivity index (χ1n) is 6.95. The number of benzene rings is 2. The summed E-state index contributed by atoms with van der Waals surface area (Å²) >= 11 is 0. The van der Waals surface area contributed by atoms with Crippen molar-refractivity contribution in [2.24, 2.45) is 0 Å². The molecule has 0 aliphatic heterocycles. The van der Waals surface area contributed by atoms with Gasteiger partial charge >= 0.3 is 0 Å². The molecule has 0 heterocycles. The largest absolute Gasteiger partial charge is 0.508 e. The van der Waals surface area contributed by atoms with E-state index in [2.05, 4.69) is 17.6 Å². The van der Waals surface area contributed by atoms with Gasteiger partial charge in [0.2, 0.25) is 5.91 Å². The van der Waals surface area contributed by atoms with Crippen LogP contribution in [0.5, 0.6) is 5.75 Å². The maximum atomic E-state index is 11.0. The Bertz CT molecular complexity index is 591. The first-order valence-corrected chi connectivity index (χ1v) is 6.95. The third-order valence-electron chi connectivity index (χ3n) is 3.10. The Balaban J connectivity index is 1.91. The van der Waals surface area contributed by atoms with Gasteiger partial charge in [-0.25, -0.2) is 0 Å². The zero-order valence-electron chi connectivity index (χ0n) is 12.3. The molecule has 1 unspecified atom stereocenters. The van der Waals surface area contributed by atoms with Gasteiger partial charge < -0.3 is 15.7 Å². The lowest BCUT2D eigenvalue weighted by Gasteiger charge is -2.16. The van der Waals surface area contributed by atoms with Gasteiger partial charge in [-0.1, -0.05) is 12.1 Å². The van der Waals surface area contributed by atoms with Crippen LogP contribution in [0.15, 0.2) is 48.5 Å². The van der Waals surface area contributed by atoms with Crippen molar-refractivity contribution in [1.82, 2.24) is 0 Å². The second kappa shape index (κ2) is 6.79. The number of phenols is 1. The second-order valence-corrected chi connectivity index (χ2v) is 5.17. The third-order valence-corrected chi connectivity index (χ3v) is 3.10. The van der Waals surface area contributed by atoms with E-state index in [1.807, 2.05) is 36.4 Å². The minimum Gasteiger partial charge on any atom is -0.508 e. The monoisotopic (exact) mass is 284 g/mol. The minimum atomic E-state index is -0.0728. The van der Waals surface area contributed by atoms with Crippen LogP contribution in [0, 0.1) is 0 Å². The molecule has 1 amide bonds. The lowest BCUT2D eigenvalue weighted by atomic mass is 10.1. The zero-order chi connectivity index (χ0) is 15.2. The highest BCUT2D eigenvalue weighted by Gasteiger charge is 2.04. The summed E-state index contributed by atoms with van der Waals surface area (Å²) in [4.78, 5) is 11.0. The van der Waals surface area contributed by atoms with Crippen LogP contribution in [0.3, 0.4) is 0 Å². The molecule has 0 radical (unpaired) electrons. The predicted octanol–water partition coefficient (Wildman–Crippen LogP) is 3.39. The van der Waals surface area contributed by atoms with Crippen LogP contribution in [0.1, 0.15) is 19.4 Å². The van der Waals surface area contributed by atoms with E-state index >= 15 is 0 Å². The van der Waals surface area contributed by atoms with E-state index in [1.54, 1.807) is 12.1 Å². The molecule has 0 spiro atoms. The van der Waals surface area contributed by atoms with Gasteiger partial charge in [-0.2, -0.15) is 0 Å². The van der Waals surface area contributed by atoms with Crippen molar-refractivity contribution in [2.75, 3.05) is 10.6 Å². The molecule has 2 aromatic rings. The topological polar surface area (TPSA) is 61.4 Å². The number of aromatic hydroxyl groups is 1. The van der Waals surface area contributed by atoms with Crippen LogP contribution in [0.2, 0.25) is 0 Å². The molecule has 0 aromatic heterocycles. The smallest absolute Gasteiger partial charge is 0.221 e. The van der Waals surface area contributed by atoms with Crippen molar-refractivity contribution in [3.8, 4) is 5.75 Å². The predicted molar refractivity (Wildman–Crippen MR) is 85.6 cm³/mol. The van der Waals surface area contributed by atoms with E-state index in [-0.39, 0.29) is 17.7 Å². The van der Waals surface area contributed by atoms with E-state index in [0.29, 0.717) is 0 Å². The Morgan fingerprint density at radius 3 is 2.19 bits per heavy atom. The highest BCUT2D eigenvalue weighted by Crippen LogP contribution is 2.16. The molecule has 0 fully saturated rings. The summed E-state index contributed by atoms with van der Waals surface area (Å²) in [6.45, 7) is 3.60. The fourth-order valence-electron chi connectivity index (χ4n) is 2.17. The van der Waals surface area contributed by atoms with Gasteiger partial charge in [-0.3, -0.25) is 4.79 Å². The number of carbonyl (C=O) groups is 1. The van der Waals surface area contributed by atoms with Crippen LogP contribution < -0.4 is 10.6 Å². The summed E-state index contributed by atoms with van der Waals surface area (Å²) in [6, 6.07) is 15.1. The van der Waals surface area contributed by atoms with Crippen molar-refractivity contribution in [2.45, 2.75) is 26.3 Å². The average molecular weight is 284 g/mol. The zero-order valence-corrected chi connectivity index (χ0v) is 12.3. The molecular formula is C17H20N2O2. The molecule has 110 valence electrons. The van der Waals surface area contributed by atoms with Gasteiger partial charge in [-0.05, 0) is 55.3 Å². The molecular weight excluding hydrogens is 264 g/mol. The average Bonchev–Trinajstić information content (AvgIpc) is 2.43. The molecule has 2 rings (SSSR count). The fraction of sp³-hybridized carbons (Fsp3) is 0.235.